The van der Waals surface area contributed by atoms with Crippen LogP contribution >= 0.6 is 0 Å². The number of nitrogens with two attached hydrogens (primary N) is 1. The molecule has 1 aliphatic heterocycles. The molecule has 3 heterocycles. The number of nitriles is 1. The Kier molecular flexibility index (Phi) is 3.02. The Morgan fingerprint density at radius 3 is 2.90 bits per heavy atom. The number of aromatic nitrogens is 4. The first kappa shape index (κ1) is 13.7. The Morgan fingerprint density at radius 2 is 2.29 bits per heavy atom. The van der Waals surface area contributed by atoms with E-state index >= 15 is 0 Å². The molecule has 9 heteroatoms. The number of nitrogens with zero attached hydrogens (tertiary/aromatic N) is 5. The summed E-state index contributed by atoms with van der Waals surface area (Å²) < 4.78 is 7.20. The van der Waals surface area contributed by atoms with E-state index in [4.69, 9.17) is 10.5 Å². The Labute approximate surface area is 119 Å². The van der Waals surface area contributed by atoms with Crippen LogP contribution < -0.4 is 5.73 Å². The highest BCUT2D eigenvalue weighted by Crippen LogP contribution is 2.41. The van der Waals surface area contributed by atoms with Crippen molar-refractivity contribution in [2.45, 2.75) is 24.9 Å². The molecule has 0 bridgehead atoms. The van der Waals surface area contributed by atoms with Crippen molar-refractivity contribution in [3.8, 4) is 6.07 Å². The molecule has 21 heavy (non-hydrogen) atoms. The second-order valence-corrected chi connectivity index (χ2v) is 5.05. The van der Waals surface area contributed by atoms with Crippen LogP contribution in [0, 0.1) is 17.2 Å². The number of hydrogen-bond donors (Lipinski definition) is 3. The third-order valence-corrected chi connectivity index (χ3v) is 3.84. The molecule has 0 unspecified atom stereocenters. The first-order chi connectivity index (χ1) is 10.0. The summed E-state index contributed by atoms with van der Waals surface area (Å²) in [4.78, 5) is 12.1. The summed E-state index contributed by atoms with van der Waals surface area (Å²) >= 11 is 0. The highest BCUT2D eigenvalue weighted by molar-refractivity contribution is 5.81. The van der Waals surface area contributed by atoms with E-state index in [0.717, 1.165) is 0 Å². The van der Waals surface area contributed by atoms with E-state index < -0.39 is 30.5 Å². The highest BCUT2D eigenvalue weighted by atomic mass is 16.6. The lowest BCUT2D eigenvalue weighted by atomic mass is 9.92. The van der Waals surface area contributed by atoms with Crippen molar-refractivity contribution >= 4 is 17.0 Å². The Morgan fingerprint density at radius 1 is 1.52 bits per heavy atom. The van der Waals surface area contributed by atoms with Gasteiger partial charge in [0.15, 0.2) is 11.5 Å². The molecule has 0 radical (unpaired) electrons. The Balaban J connectivity index is 2.08. The Hall–Kier alpha value is -2.28. The van der Waals surface area contributed by atoms with E-state index in [9.17, 15) is 15.5 Å². The largest absolute Gasteiger partial charge is 0.392 e. The zero-order valence-corrected chi connectivity index (χ0v) is 11.2. The Bertz CT molecular complexity index is 725. The lowest BCUT2D eigenvalue weighted by Gasteiger charge is -2.21. The van der Waals surface area contributed by atoms with Crippen LogP contribution in [-0.4, -0.2) is 48.0 Å². The molecule has 0 aliphatic carbocycles. The van der Waals surface area contributed by atoms with Crippen LogP contribution in [0.3, 0.4) is 0 Å². The third-order valence-electron chi connectivity index (χ3n) is 3.84. The predicted octanol–water partition coefficient (Wildman–Crippen LogP) is -0.811. The summed E-state index contributed by atoms with van der Waals surface area (Å²) in [6, 6.07) is 1.85. The quantitative estimate of drug-likeness (QED) is 0.651. The standard InChI is InChI=1S/C12H14N6O3/c1-6-8(20)12(2-13,3-19)21-11(6)18-5-17-7-9(14)15-4-16-10(7)18/h4-6,8,11,19-20H,3H2,1H3,(H2,14,15,16)/t6-,8-,11-,12+/m0/s1. The number of imidazole rings is 1. The van der Waals surface area contributed by atoms with Crippen molar-refractivity contribution in [3.63, 3.8) is 0 Å². The van der Waals surface area contributed by atoms with Gasteiger partial charge in [-0.15, -0.1) is 0 Å². The van der Waals surface area contributed by atoms with Gasteiger partial charge in [0.2, 0.25) is 5.60 Å². The summed E-state index contributed by atoms with van der Waals surface area (Å²) in [6.45, 7) is 1.12. The van der Waals surface area contributed by atoms with Gasteiger partial charge in [0.25, 0.3) is 0 Å². The van der Waals surface area contributed by atoms with Crippen LogP contribution in [0.5, 0.6) is 0 Å². The number of fused-ring (bicyclic) bond motifs is 1. The number of aliphatic hydroxyl groups is 2. The first-order valence-electron chi connectivity index (χ1n) is 6.35. The minimum absolute atomic E-state index is 0.235. The van der Waals surface area contributed by atoms with Gasteiger partial charge >= 0.3 is 0 Å². The van der Waals surface area contributed by atoms with Crippen LogP contribution in [0.4, 0.5) is 5.82 Å². The van der Waals surface area contributed by atoms with Gasteiger partial charge in [0, 0.05) is 5.92 Å². The van der Waals surface area contributed by atoms with Crippen LogP contribution in [0.1, 0.15) is 13.2 Å². The summed E-state index contributed by atoms with van der Waals surface area (Å²) in [6.07, 6.45) is 0.949. The van der Waals surface area contributed by atoms with Gasteiger partial charge in [-0.2, -0.15) is 5.26 Å². The molecule has 1 fully saturated rings. The topological polar surface area (TPSA) is 143 Å². The minimum atomic E-state index is -1.65. The number of hydrogen-bond acceptors (Lipinski definition) is 8. The number of aliphatic hydroxyl groups excluding tert-OH is 2. The van der Waals surface area contributed by atoms with Crippen molar-refractivity contribution in [2.24, 2.45) is 5.92 Å². The van der Waals surface area contributed by atoms with Gasteiger partial charge in [-0.3, -0.25) is 4.57 Å². The molecule has 9 nitrogen and oxygen atoms in total. The van der Waals surface area contributed by atoms with Crippen LogP contribution in [-0.2, 0) is 4.74 Å². The first-order valence-corrected chi connectivity index (χ1v) is 6.35. The van der Waals surface area contributed by atoms with E-state index in [2.05, 4.69) is 15.0 Å². The van der Waals surface area contributed by atoms with Gasteiger partial charge < -0.3 is 20.7 Å². The molecule has 2 aromatic rings. The maximum absolute atomic E-state index is 10.2. The van der Waals surface area contributed by atoms with E-state index in [1.165, 1.54) is 12.7 Å². The molecular formula is C12H14N6O3. The minimum Gasteiger partial charge on any atom is -0.392 e. The van der Waals surface area contributed by atoms with Crippen molar-refractivity contribution in [1.29, 1.82) is 5.26 Å². The summed E-state index contributed by atoms with van der Waals surface area (Å²) in [5, 5.41) is 28.8. The lowest BCUT2D eigenvalue weighted by Crippen LogP contribution is -2.43. The van der Waals surface area contributed by atoms with Crippen LogP contribution in [0.15, 0.2) is 12.7 Å². The van der Waals surface area contributed by atoms with Gasteiger partial charge in [0.05, 0.1) is 12.9 Å². The maximum atomic E-state index is 10.2. The van der Waals surface area contributed by atoms with E-state index in [1.54, 1.807) is 11.5 Å². The molecule has 1 saturated heterocycles. The monoisotopic (exact) mass is 290 g/mol. The summed E-state index contributed by atoms with van der Waals surface area (Å²) in [7, 11) is 0. The van der Waals surface area contributed by atoms with Crippen molar-refractivity contribution in [1.82, 2.24) is 19.5 Å². The van der Waals surface area contributed by atoms with Crippen LogP contribution in [0.2, 0.25) is 0 Å². The molecule has 4 N–H and O–H groups in total. The molecule has 0 saturated carbocycles. The molecule has 0 spiro atoms. The number of ether oxygens (including phenoxy) is 1. The third kappa shape index (κ3) is 1.77. The normalized spacial score (nSPS) is 32.4. The fourth-order valence-electron chi connectivity index (χ4n) is 2.60. The second-order valence-electron chi connectivity index (χ2n) is 5.05. The zero-order valence-electron chi connectivity index (χ0n) is 11.2. The molecule has 0 amide bonds. The summed E-state index contributed by atoms with van der Waals surface area (Å²) in [5.41, 5.74) is 4.93. The molecular weight excluding hydrogens is 276 g/mol. The number of rotatable bonds is 2. The highest BCUT2D eigenvalue weighted by Gasteiger charge is 2.54. The van der Waals surface area contributed by atoms with Crippen LogP contribution in [0.25, 0.3) is 11.2 Å². The van der Waals surface area contributed by atoms with Crippen molar-refractivity contribution in [3.05, 3.63) is 12.7 Å². The zero-order chi connectivity index (χ0) is 15.2. The predicted molar refractivity (Wildman–Crippen MR) is 70.5 cm³/mol. The number of nitrogen functional groups attached to an aromatic ring is 1. The molecule has 4 atom stereocenters. The molecule has 3 rings (SSSR count). The SMILES string of the molecule is C[C@@H]1[C@@H](n2cnc3c(N)ncnc32)O[C@](C#N)(CO)[C@H]1O. The van der Waals surface area contributed by atoms with Gasteiger partial charge in [-0.05, 0) is 0 Å². The average molecular weight is 290 g/mol. The molecule has 0 aromatic carbocycles. The van der Waals surface area contributed by atoms with E-state index in [0.29, 0.717) is 11.2 Å². The fourth-order valence-corrected chi connectivity index (χ4v) is 2.60. The maximum Gasteiger partial charge on any atom is 0.205 e. The fraction of sp³-hybridized carbons (Fsp3) is 0.500. The average Bonchev–Trinajstić information content (AvgIpc) is 3.02. The van der Waals surface area contributed by atoms with Crippen molar-refractivity contribution in [2.75, 3.05) is 12.3 Å². The number of anilines is 1. The smallest absolute Gasteiger partial charge is 0.205 e. The van der Waals surface area contributed by atoms with Gasteiger partial charge in [-0.25, -0.2) is 15.0 Å². The van der Waals surface area contributed by atoms with Gasteiger partial charge in [-0.1, -0.05) is 6.92 Å². The molecule has 2 aromatic heterocycles. The second kappa shape index (κ2) is 4.63. The van der Waals surface area contributed by atoms with E-state index in [1.807, 2.05) is 6.07 Å². The lowest BCUT2D eigenvalue weighted by molar-refractivity contribution is -0.0909. The molecule has 110 valence electrons. The molecule has 1 aliphatic rings. The van der Waals surface area contributed by atoms with E-state index in [-0.39, 0.29) is 5.82 Å². The van der Waals surface area contributed by atoms with Gasteiger partial charge in [0.1, 0.15) is 30.2 Å². The summed E-state index contributed by atoms with van der Waals surface area (Å²) in [5.74, 6) is -0.205. The van der Waals surface area contributed by atoms with Crippen molar-refractivity contribution < 1.29 is 14.9 Å².